The Hall–Kier alpha value is -1.85. The molecule has 0 spiro atoms. The van der Waals surface area contributed by atoms with E-state index in [1.54, 1.807) is 0 Å². The maximum atomic E-state index is 11.6. The van der Waals surface area contributed by atoms with Gasteiger partial charge in [0.2, 0.25) is 0 Å². The van der Waals surface area contributed by atoms with Gasteiger partial charge in [0.25, 0.3) is 5.56 Å². The Labute approximate surface area is 98.3 Å². The number of nitrogens with zero attached hydrogens (tertiary/aromatic N) is 2. The molecule has 1 fully saturated rings. The molecule has 92 valence electrons. The van der Waals surface area contributed by atoms with Crippen molar-refractivity contribution >= 4 is 11.8 Å². The molecule has 1 aromatic rings. The second-order valence-corrected chi connectivity index (χ2v) is 4.18. The van der Waals surface area contributed by atoms with Crippen LogP contribution in [0, 0.1) is 0 Å². The van der Waals surface area contributed by atoms with Crippen molar-refractivity contribution in [2.45, 2.75) is 31.7 Å². The second-order valence-electron chi connectivity index (χ2n) is 4.18. The third-order valence-electron chi connectivity index (χ3n) is 3.00. The molecule has 2 heterocycles. The minimum atomic E-state index is -0.839. The van der Waals surface area contributed by atoms with Gasteiger partial charge in [-0.25, -0.2) is 4.98 Å². The second kappa shape index (κ2) is 4.99. The molecule has 6 nitrogen and oxygen atoms in total. The van der Waals surface area contributed by atoms with E-state index in [0.717, 1.165) is 19.3 Å². The highest BCUT2D eigenvalue weighted by Gasteiger charge is 2.27. The van der Waals surface area contributed by atoms with Gasteiger partial charge in [-0.1, -0.05) is 0 Å². The van der Waals surface area contributed by atoms with Gasteiger partial charge in [-0.05, 0) is 19.3 Å². The number of aromatic amines is 1. The predicted molar refractivity (Wildman–Crippen MR) is 62.1 cm³/mol. The smallest absolute Gasteiger partial charge is 0.305 e. The molecule has 0 bridgehead atoms. The molecule has 1 aliphatic heterocycles. The van der Waals surface area contributed by atoms with Crippen molar-refractivity contribution in [3.63, 3.8) is 0 Å². The van der Waals surface area contributed by atoms with Crippen LogP contribution in [0.25, 0.3) is 0 Å². The van der Waals surface area contributed by atoms with Crippen LogP contribution in [0.2, 0.25) is 0 Å². The van der Waals surface area contributed by atoms with Gasteiger partial charge in [-0.15, -0.1) is 0 Å². The topological polar surface area (TPSA) is 86.3 Å². The monoisotopic (exact) mass is 237 g/mol. The van der Waals surface area contributed by atoms with Crippen molar-refractivity contribution in [2.75, 3.05) is 11.4 Å². The van der Waals surface area contributed by atoms with E-state index < -0.39 is 5.97 Å². The lowest BCUT2D eigenvalue weighted by Gasteiger charge is -2.35. The minimum Gasteiger partial charge on any atom is -0.481 e. The van der Waals surface area contributed by atoms with Crippen molar-refractivity contribution in [2.24, 2.45) is 0 Å². The quantitative estimate of drug-likeness (QED) is 0.804. The summed E-state index contributed by atoms with van der Waals surface area (Å²) >= 11 is 0. The zero-order valence-electron chi connectivity index (χ0n) is 9.43. The molecular formula is C11H15N3O3. The van der Waals surface area contributed by atoms with Gasteiger partial charge >= 0.3 is 5.97 Å². The molecule has 0 aliphatic carbocycles. The normalized spacial score (nSPS) is 20.2. The fourth-order valence-electron chi connectivity index (χ4n) is 2.24. The molecule has 1 saturated heterocycles. The Morgan fingerprint density at radius 1 is 1.59 bits per heavy atom. The van der Waals surface area contributed by atoms with E-state index in [9.17, 15) is 9.59 Å². The zero-order chi connectivity index (χ0) is 12.3. The summed E-state index contributed by atoms with van der Waals surface area (Å²) in [6.45, 7) is 0.692. The standard InChI is InChI=1S/C11H15N3O3/c15-9(16)7-8-3-1-2-6-14(8)10-11(17)13-5-4-12-10/h4-5,8H,1-3,6-7H2,(H,13,17)(H,15,16). The third-order valence-corrected chi connectivity index (χ3v) is 3.00. The van der Waals surface area contributed by atoms with E-state index in [-0.39, 0.29) is 18.0 Å². The van der Waals surface area contributed by atoms with Crippen molar-refractivity contribution < 1.29 is 9.90 Å². The van der Waals surface area contributed by atoms with Gasteiger partial charge < -0.3 is 15.0 Å². The largest absolute Gasteiger partial charge is 0.481 e. The number of anilines is 1. The van der Waals surface area contributed by atoms with Gasteiger partial charge in [-0.2, -0.15) is 0 Å². The molecule has 17 heavy (non-hydrogen) atoms. The van der Waals surface area contributed by atoms with Crippen LogP contribution >= 0.6 is 0 Å². The number of hydrogen-bond donors (Lipinski definition) is 2. The molecular weight excluding hydrogens is 222 g/mol. The summed E-state index contributed by atoms with van der Waals surface area (Å²) in [6.07, 6.45) is 5.80. The number of aliphatic carboxylic acids is 1. The van der Waals surface area contributed by atoms with E-state index in [1.807, 2.05) is 4.90 Å². The summed E-state index contributed by atoms with van der Waals surface area (Å²) in [7, 11) is 0. The molecule has 1 aliphatic rings. The third kappa shape index (κ3) is 2.64. The van der Waals surface area contributed by atoms with Crippen molar-refractivity contribution in [1.29, 1.82) is 0 Å². The summed E-state index contributed by atoms with van der Waals surface area (Å²) in [5.74, 6) is -0.507. The highest BCUT2D eigenvalue weighted by Crippen LogP contribution is 2.22. The van der Waals surface area contributed by atoms with Gasteiger partial charge in [-0.3, -0.25) is 9.59 Å². The maximum Gasteiger partial charge on any atom is 0.305 e. The van der Waals surface area contributed by atoms with Crippen LogP contribution in [0.15, 0.2) is 17.2 Å². The van der Waals surface area contributed by atoms with Gasteiger partial charge in [0.05, 0.1) is 6.42 Å². The summed E-state index contributed by atoms with van der Waals surface area (Å²) < 4.78 is 0. The Morgan fingerprint density at radius 2 is 2.41 bits per heavy atom. The molecule has 1 aromatic heterocycles. The molecule has 2 N–H and O–H groups in total. The fraction of sp³-hybridized carbons (Fsp3) is 0.545. The van der Waals surface area contributed by atoms with Gasteiger partial charge in [0, 0.05) is 25.0 Å². The molecule has 6 heteroatoms. The van der Waals surface area contributed by atoms with Gasteiger partial charge in [0.1, 0.15) is 0 Å². The Morgan fingerprint density at radius 3 is 3.12 bits per heavy atom. The number of piperidine rings is 1. The van der Waals surface area contributed by atoms with E-state index >= 15 is 0 Å². The lowest BCUT2D eigenvalue weighted by Crippen LogP contribution is -2.44. The number of carbonyl (C=O) groups is 1. The van der Waals surface area contributed by atoms with E-state index in [1.165, 1.54) is 12.4 Å². The predicted octanol–water partition coefficient (Wildman–Crippen LogP) is 0.604. The molecule has 2 rings (SSSR count). The number of hydrogen-bond acceptors (Lipinski definition) is 4. The van der Waals surface area contributed by atoms with Crippen LogP contribution in [0.5, 0.6) is 0 Å². The summed E-state index contributed by atoms with van der Waals surface area (Å²) in [5, 5.41) is 8.87. The average molecular weight is 237 g/mol. The Kier molecular flexibility index (Phi) is 3.41. The molecule has 0 radical (unpaired) electrons. The minimum absolute atomic E-state index is 0.0516. The SMILES string of the molecule is O=C(O)CC1CCCCN1c1ncc[nH]c1=O. The zero-order valence-corrected chi connectivity index (χ0v) is 9.43. The summed E-state index contributed by atoms with van der Waals surface area (Å²) in [6, 6.07) is -0.128. The average Bonchev–Trinajstić information content (AvgIpc) is 2.30. The molecule has 0 aromatic carbocycles. The highest BCUT2D eigenvalue weighted by molar-refractivity contribution is 5.68. The van der Waals surface area contributed by atoms with Crippen LogP contribution in [0.3, 0.4) is 0 Å². The van der Waals surface area contributed by atoms with Crippen molar-refractivity contribution in [3.05, 3.63) is 22.7 Å². The van der Waals surface area contributed by atoms with Crippen LogP contribution in [-0.4, -0.2) is 33.6 Å². The van der Waals surface area contributed by atoms with E-state index in [4.69, 9.17) is 5.11 Å². The number of rotatable bonds is 3. The van der Waals surface area contributed by atoms with E-state index in [0.29, 0.717) is 12.4 Å². The number of H-pyrrole nitrogens is 1. The highest BCUT2D eigenvalue weighted by atomic mass is 16.4. The maximum absolute atomic E-state index is 11.6. The number of carboxylic acid groups (broad SMARTS) is 1. The molecule has 0 saturated carbocycles. The van der Waals surface area contributed by atoms with Gasteiger partial charge in [0.15, 0.2) is 5.82 Å². The van der Waals surface area contributed by atoms with Crippen LogP contribution in [-0.2, 0) is 4.79 Å². The number of carboxylic acids is 1. The molecule has 0 amide bonds. The Balaban J connectivity index is 2.25. The fourth-order valence-corrected chi connectivity index (χ4v) is 2.24. The molecule has 1 atom stereocenters. The van der Waals surface area contributed by atoms with Crippen LogP contribution in [0.4, 0.5) is 5.82 Å². The lowest BCUT2D eigenvalue weighted by molar-refractivity contribution is -0.137. The first-order chi connectivity index (χ1) is 8.18. The van der Waals surface area contributed by atoms with E-state index in [2.05, 4.69) is 9.97 Å². The first-order valence-electron chi connectivity index (χ1n) is 5.70. The van der Waals surface area contributed by atoms with Crippen molar-refractivity contribution in [1.82, 2.24) is 9.97 Å². The van der Waals surface area contributed by atoms with Crippen LogP contribution in [0.1, 0.15) is 25.7 Å². The lowest BCUT2D eigenvalue weighted by atomic mass is 9.99. The summed E-state index contributed by atoms with van der Waals surface area (Å²) in [4.78, 5) is 30.9. The first kappa shape index (κ1) is 11.6. The first-order valence-corrected chi connectivity index (χ1v) is 5.70. The number of nitrogens with one attached hydrogen (secondary N) is 1. The van der Waals surface area contributed by atoms with Crippen LogP contribution < -0.4 is 10.5 Å². The summed E-state index contributed by atoms with van der Waals surface area (Å²) in [5.41, 5.74) is -0.259. The van der Waals surface area contributed by atoms with Crippen molar-refractivity contribution in [3.8, 4) is 0 Å². The Bertz CT molecular complexity index is 457. The number of aromatic nitrogens is 2. The molecule has 1 unspecified atom stereocenters.